The minimum Gasteiger partial charge on any atom is -0.363 e. The Morgan fingerprint density at radius 2 is 2.07 bits per heavy atom. The van der Waals surface area contributed by atoms with Gasteiger partial charge >= 0.3 is 0 Å². The first-order valence-corrected chi connectivity index (χ1v) is 11.4. The second-order valence-corrected chi connectivity index (χ2v) is 9.79. The minimum absolute atomic E-state index is 0.0359. The van der Waals surface area contributed by atoms with Crippen molar-refractivity contribution >= 4 is 21.6 Å². The normalized spacial score (nSPS) is 28.0. The lowest BCUT2D eigenvalue weighted by atomic mass is 10.0. The third-order valence-electron chi connectivity index (χ3n) is 5.52. The number of hydrogen-bond acceptors (Lipinski definition) is 6. The molecule has 150 valence electrons. The number of rotatable bonds is 4. The van der Waals surface area contributed by atoms with Crippen LogP contribution in [0.5, 0.6) is 0 Å². The van der Waals surface area contributed by atoms with E-state index in [1.807, 2.05) is 0 Å². The third kappa shape index (κ3) is 4.56. The molecule has 0 bridgehead atoms. The van der Waals surface area contributed by atoms with Gasteiger partial charge in [-0.25, -0.2) is 22.8 Å². The van der Waals surface area contributed by atoms with E-state index in [1.54, 1.807) is 11.8 Å². The van der Waals surface area contributed by atoms with Crippen LogP contribution in [0.15, 0.2) is 6.33 Å². The van der Waals surface area contributed by atoms with Gasteiger partial charge < -0.3 is 10.2 Å². The molecule has 1 unspecified atom stereocenters. The van der Waals surface area contributed by atoms with Gasteiger partial charge in [-0.2, -0.15) is 0 Å². The van der Waals surface area contributed by atoms with E-state index in [9.17, 15) is 17.6 Å². The van der Waals surface area contributed by atoms with Gasteiger partial charge in [0, 0.05) is 13.1 Å². The average molecular weight is 399 g/mol. The monoisotopic (exact) mass is 398 g/mol. The van der Waals surface area contributed by atoms with Gasteiger partial charge in [0.15, 0.2) is 21.5 Å². The number of likely N-dealkylation sites (tertiary alicyclic amines) is 1. The number of anilines is 1. The number of carbonyl (C=O) groups excluding carboxylic acids is 1. The molecule has 1 N–H and O–H groups in total. The molecule has 0 saturated carbocycles. The third-order valence-corrected chi connectivity index (χ3v) is 7.25. The molecule has 2 saturated heterocycles. The standard InChI is InChI=1S/C18H27FN4O3S/c1-3-14-16(19)17(21-11-20-14)22-15-10-27(25,26)9-13(15)18(24)23-7-4-5-12(2)6-8-23/h11-13,15H,3-10H2,1-2H3,(H,20,21,22)/t12?,13-,15-/m1/s1. The van der Waals surface area contributed by atoms with Crippen molar-refractivity contribution in [2.24, 2.45) is 11.8 Å². The predicted molar refractivity (Wildman–Crippen MR) is 101 cm³/mol. The quantitative estimate of drug-likeness (QED) is 0.829. The van der Waals surface area contributed by atoms with Crippen molar-refractivity contribution in [2.45, 2.75) is 45.6 Å². The van der Waals surface area contributed by atoms with Crippen LogP contribution >= 0.6 is 0 Å². The maximum atomic E-state index is 14.5. The number of nitrogens with one attached hydrogen (secondary N) is 1. The molecular formula is C18H27FN4O3S. The highest BCUT2D eigenvalue weighted by molar-refractivity contribution is 7.91. The summed E-state index contributed by atoms with van der Waals surface area (Å²) < 4.78 is 38.9. The van der Waals surface area contributed by atoms with E-state index in [4.69, 9.17) is 0 Å². The van der Waals surface area contributed by atoms with E-state index in [1.165, 1.54) is 6.33 Å². The summed E-state index contributed by atoms with van der Waals surface area (Å²) in [6.07, 6.45) is 4.57. The van der Waals surface area contributed by atoms with E-state index >= 15 is 0 Å². The van der Waals surface area contributed by atoms with Crippen LogP contribution in [0.3, 0.4) is 0 Å². The molecule has 3 rings (SSSR count). The van der Waals surface area contributed by atoms with E-state index in [0.717, 1.165) is 19.3 Å². The largest absolute Gasteiger partial charge is 0.363 e. The van der Waals surface area contributed by atoms with E-state index in [2.05, 4.69) is 22.2 Å². The molecular weight excluding hydrogens is 371 g/mol. The SMILES string of the molecule is CCc1ncnc(N[C@@H]2CS(=O)(=O)C[C@H]2C(=O)N2CCCC(C)CC2)c1F. The lowest BCUT2D eigenvalue weighted by Crippen LogP contribution is -2.43. The fraction of sp³-hybridized carbons (Fsp3) is 0.722. The summed E-state index contributed by atoms with van der Waals surface area (Å²) in [5, 5.41) is 2.88. The van der Waals surface area contributed by atoms with Gasteiger partial charge in [-0.1, -0.05) is 13.8 Å². The first kappa shape index (κ1) is 20.0. The molecule has 2 aliphatic rings. The van der Waals surface area contributed by atoms with Crippen LogP contribution in [0.2, 0.25) is 0 Å². The van der Waals surface area contributed by atoms with Gasteiger partial charge in [-0.3, -0.25) is 4.79 Å². The zero-order valence-corrected chi connectivity index (χ0v) is 16.6. The molecule has 2 fully saturated rings. The molecule has 0 spiro atoms. The van der Waals surface area contributed by atoms with Crippen LogP contribution < -0.4 is 5.32 Å². The summed E-state index contributed by atoms with van der Waals surface area (Å²) in [7, 11) is -3.37. The number of amides is 1. The van der Waals surface area contributed by atoms with Gasteiger partial charge in [0.25, 0.3) is 0 Å². The molecule has 3 heterocycles. The Morgan fingerprint density at radius 1 is 1.30 bits per heavy atom. The molecule has 1 amide bonds. The zero-order chi connectivity index (χ0) is 19.6. The van der Waals surface area contributed by atoms with Crippen molar-refractivity contribution in [3.8, 4) is 0 Å². The zero-order valence-electron chi connectivity index (χ0n) is 15.8. The molecule has 0 radical (unpaired) electrons. The number of sulfone groups is 1. The van der Waals surface area contributed by atoms with E-state index in [0.29, 0.717) is 25.4 Å². The summed E-state index contributed by atoms with van der Waals surface area (Å²) >= 11 is 0. The van der Waals surface area contributed by atoms with Crippen LogP contribution in [-0.4, -0.2) is 59.8 Å². The van der Waals surface area contributed by atoms with Crippen molar-refractivity contribution in [2.75, 3.05) is 29.9 Å². The highest BCUT2D eigenvalue weighted by atomic mass is 32.2. The van der Waals surface area contributed by atoms with Crippen LogP contribution in [0, 0.1) is 17.7 Å². The van der Waals surface area contributed by atoms with Crippen LogP contribution in [-0.2, 0) is 21.1 Å². The Balaban J connectivity index is 1.80. The van der Waals surface area contributed by atoms with Crippen LogP contribution in [0.25, 0.3) is 0 Å². The smallest absolute Gasteiger partial charge is 0.228 e. The lowest BCUT2D eigenvalue weighted by molar-refractivity contribution is -0.134. The summed E-state index contributed by atoms with van der Waals surface area (Å²) in [5.74, 6) is -1.34. The number of hydrogen-bond donors (Lipinski definition) is 1. The van der Waals surface area contributed by atoms with Crippen molar-refractivity contribution in [3.63, 3.8) is 0 Å². The first-order chi connectivity index (χ1) is 12.8. The fourth-order valence-electron chi connectivity index (χ4n) is 3.88. The Hall–Kier alpha value is -1.77. The lowest BCUT2D eigenvalue weighted by Gasteiger charge is -2.27. The van der Waals surface area contributed by atoms with Crippen LogP contribution in [0.4, 0.5) is 10.2 Å². The fourth-order valence-corrected chi connectivity index (χ4v) is 5.80. The molecule has 0 aliphatic carbocycles. The Morgan fingerprint density at radius 3 is 2.81 bits per heavy atom. The summed E-state index contributed by atoms with van der Waals surface area (Å²) in [4.78, 5) is 22.6. The van der Waals surface area contributed by atoms with E-state index < -0.39 is 27.6 Å². The second kappa shape index (κ2) is 8.08. The van der Waals surface area contributed by atoms with Crippen LogP contribution in [0.1, 0.15) is 38.8 Å². The van der Waals surface area contributed by atoms with Crippen molar-refractivity contribution in [1.82, 2.24) is 14.9 Å². The molecule has 3 atom stereocenters. The topological polar surface area (TPSA) is 92.3 Å². The Bertz CT molecular complexity index is 802. The summed E-state index contributed by atoms with van der Waals surface area (Å²) in [5.41, 5.74) is 0.262. The number of aryl methyl sites for hydroxylation is 1. The van der Waals surface area contributed by atoms with Gasteiger partial charge in [0.1, 0.15) is 6.33 Å². The van der Waals surface area contributed by atoms with Crippen molar-refractivity contribution < 1.29 is 17.6 Å². The predicted octanol–water partition coefficient (Wildman–Crippen LogP) is 1.65. The van der Waals surface area contributed by atoms with Gasteiger partial charge in [-0.15, -0.1) is 0 Å². The van der Waals surface area contributed by atoms with E-state index in [-0.39, 0.29) is 28.9 Å². The number of aromatic nitrogens is 2. The molecule has 27 heavy (non-hydrogen) atoms. The molecule has 7 nitrogen and oxygen atoms in total. The van der Waals surface area contributed by atoms with Gasteiger partial charge in [0.05, 0.1) is 29.2 Å². The maximum absolute atomic E-state index is 14.5. The van der Waals surface area contributed by atoms with Gasteiger partial charge in [-0.05, 0) is 31.6 Å². The molecule has 2 aliphatic heterocycles. The molecule has 1 aromatic heterocycles. The van der Waals surface area contributed by atoms with Gasteiger partial charge in [0.2, 0.25) is 5.91 Å². The average Bonchev–Trinajstić information content (AvgIpc) is 2.78. The second-order valence-electron chi connectivity index (χ2n) is 7.63. The minimum atomic E-state index is -3.37. The summed E-state index contributed by atoms with van der Waals surface area (Å²) in [6.45, 7) is 5.24. The maximum Gasteiger partial charge on any atom is 0.228 e. The molecule has 1 aromatic rings. The Kier molecular flexibility index (Phi) is 5.98. The number of halogens is 1. The molecule has 0 aromatic carbocycles. The first-order valence-electron chi connectivity index (χ1n) is 9.56. The molecule has 9 heteroatoms. The number of nitrogens with zero attached hydrogens (tertiary/aromatic N) is 3. The Labute approximate surface area is 159 Å². The number of carbonyl (C=O) groups is 1. The highest BCUT2D eigenvalue weighted by Gasteiger charge is 2.44. The highest BCUT2D eigenvalue weighted by Crippen LogP contribution is 2.27. The summed E-state index contributed by atoms with van der Waals surface area (Å²) in [6, 6.07) is -0.683. The van der Waals surface area contributed by atoms with Crippen molar-refractivity contribution in [1.29, 1.82) is 0 Å². The van der Waals surface area contributed by atoms with Crippen molar-refractivity contribution in [3.05, 3.63) is 17.8 Å².